The van der Waals surface area contributed by atoms with E-state index in [0.717, 1.165) is 11.3 Å². The number of nitrogens with two attached hydrogens (primary N) is 2. The molecular formula is C18H18ClN5O2S. The highest BCUT2D eigenvalue weighted by Crippen LogP contribution is 2.24. The van der Waals surface area contributed by atoms with Gasteiger partial charge < -0.3 is 20.8 Å². The molecular weight excluding hydrogens is 386 g/mol. The SMILES string of the molecule is CN(Cc1ccc(-c2ccc(Cl)cc2)o1)C(=O)CSc1nc(N)cc(N)n1. The van der Waals surface area contributed by atoms with Gasteiger partial charge in [0.05, 0.1) is 12.3 Å². The van der Waals surface area contributed by atoms with Gasteiger partial charge in [0.25, 0.3) is 0 Å². The summed E-state index contributed by atoms with van der Waals surface area (Å²) in [5.41, 5.74) is 12.2. The molecule has 2 heterocycles. The predicted molar refractivity (Wildman–Crippen MR) is 107 cm³/mol. The second-order valence-electron chi connectivity index (χ2n) is 5.81. The molecule has 7 nitrogen and oxygen atoms in total. The number of furan rings is 1. The normalized spacial score (nSPS) is 10.7. The molecule has 3 rings (SSSR count). The molecule has 27 heavy (non-hydrogen) atoms. The molecule has 1 amide bonds. The number of thioether (sulfide) groups is 1. The fourth-order valence-electron chi connectivity index (χ4n) is 2.32. The van der Waals surface area contributed by atoms with E-state index in [1.54, 1.807) is 24.1 Å². The summed E-state index contributed by atoms with van der Waals surface area (Å²) in [6.45, 7) is 0.354. The van der Waals surface area contributed by atoms with Crippen LogP contribution in [0.2, 0.25) is 5.02 Å². The van der Waals surface area contributed by atoms with Gasteiger partial charge in [0.1, 0.15) is 23.2 Å². The van der Waals surface area contributed by atoms with Crippen molar-refractivity contribution in [3.8, 4) is 11.3 Å². The molecule has 0 bridgehead atoms. The average molecular weight is 404 g/mol. The molecule has 0 atom stereocenters. The molecule has 0 aliphatic carbocycles. The van der Waals surface area contributed by atoms with Gasteiger partial charge in [0.15, 0.2) is 5.16 Å². The molecule has 0 aliphatic heterocycles. The fraction of sp³-hybridized carbons (Fsp3) is 0.167. The van der Waals surface area contributed by atoms with Gasteiger partial charge in [0, 0.05) is 23.7 Å². The molecule has 0 aliphatic rings. The van der Waals surface area contributed by atoms with Crippen LogP contribution in [0.3, 0.4) is 0 Å². The van der Waals surface area contributed by atoms with Crippen molar-refractivity contribution in [1.82, 2.24) is 14.9 Å². The summed E-state index contributed by atoms with van der Waals surface area (Å²) in [7, 11) is 1.71. The van der Waals surface area contributed by atoms with E-state index in [1.165, 1.54) is 17.8 Å². The zero-order valence-corrected chi connectivity index (χ0v) is 16.1. The van der Waals surface area contributed by atoms with E-state index in [2.05, 4.69) is 9.97 Å². The highest BCUT2D eigenvalue weighted by Gasteiger charge is 2.14. The second-order valence-corrected chi connectivity index (χ2v) is 7.19. The first-order valence-electron chi connectivity index (χ1n) is 8.02. The molecule has 0 radical (unpaired) electrons. The van der Waals surface area contributed by atoms with E-state index >= 15 is 0 Å². The Morgan fingerprint density at radius 2 is 1.81 bits per heavy atom. The molecule has 140 valence electrons. The number of halogens is 1. The topological polar surface area (TPSA) is 111 Å². The molecule has 0 saturated carbocycles. The Bertz CT molecular complexity index is 925. The first-order chi connectivity index (χ1) is 12.9. The number of nitrogens with zero attached hydrogens (tertiary/aromatic N) is 3. The average Bonchev–Trinajstić information content (AvgIpc) is 3.08. The third-order valence-electron chi connectivity index (χ3n) is 3.68. The van der Waals surface area contributed by atoms with E-state index in [1.807, 2.05) is 24.3 Å². The first-order valence-corrected chi connectivity index (χ1v) is 9.38. The van der Waals surface area contributed by atoms with Crippen LogP contribution in [0.15, 0.2) is 52.0 Å². The number of benzene rings is 1. The number of hydrogen-bond donors (Lipinski definition) is 2. The Morgan fingerprint density at radius 1 is 1.15 bits per heavy atom. The fourth-order valence-corrected chi connectivity index (χ4v) is 3.26. The van der Waals surface area contributed by atoms with Crippen molar-refractivity contribution in [2.45, 2.75) is 11.7 Å². The lowest BCUT2D eigenvalue weighted by Gasteiger charge is -2.15. The smallest absolute Gasteiger partial charge is 0.233 e. The Kier molecular flexibility index (Phi) is 5.88. The molecule has 0 unspecified atom stereocenters. The van der Waals surface area contributed by atoms with Crippen molar-refractivity contribution in [1.29, 1.82) is 0 Å². The van der Waals surface area contributed by atoms with Crippen LogP contribution in [-0.4, -0.2) is 33.6 Å². The minimum absolute atomic E-state index is 0.0889. The standard InChI is InChI=1S/C18H18ClN5O2S/c1-24(17(25)10-27-18-22-15(20)8-16(21)23-18)9-13-6-7-14(26-13)11-2-4-12(19)5-3-11/h2-8H,9-10H2,1H3,(H4,20,21,22,23). The van der Waals surface area contributed by atoms with Gasteiger partial charge in [0.2, 0.25) is 5.91 Å². The van der Waals surface area contributed by atoms with Crippen molar-refractivity contribution in [2.75, 3.05) is 24.3 Å². The summed E-state index contributed by atoms with van der Waals surface area (Å²) in [4.78, 5) is 22.0. The van der Waals surface area contributed by atoms with E-state index in [4.69, 9.17) is 27.5 Å². The third-order valence-corrected chi connectivity index (χ3v) is 4.76. The quantitative estimate of drug-likeness (QED) is 0.479. The van der Waals surface area contributed by atoms with Gasteiger partial charge in [-0.15, -0.1) is 0 Å². The van der Waals surface area contributed by atoms with Crippen molar-refractivity contribution in [2.24, 2.45) is 0 Å². The van der Waals surface area contributed by atoms with Gasteiger partial charge in [-0.05, 0) is 36.4 Å². The van der Waals surface area contributed by atoms with Crippen LogP contribution in [0.4, 0.5) is 11.6 Å². The number of aromatic nitrogens is 2. The number of amides is 1. The molecule has 0 spiro atoms. The monoisotopic (exact) mass is 403 g/mol. The van der Waals surface area contributed by atoms with Gasteiger partial charge >= 0.3 is 0 Å². The summed E-state index contributed by atoms with van der Waals surface area (Å²) in [5.74, 6) is 2.04. The Morgan fingerprint density at radius 3 is 2.48 bits per heavy atom. The minimum atomic E-state index is -0.0889. The van der Waals surface area contributed by atoms with Crippen LogP contribution in [0.1, 0.15) is 5.76 Å². The number of carbonyl (C=O) groups is 1. The minimum Gasteiger partial charge on any atom is -0.459 e. The van der Waals surface area contributed by atoms with Gasteiger partial charge in [-0.2, -0.15) is 0 Å². The summed E-state index contributed by atoms with van der Waals surface area (Å²) in [6.07, 6.45) is 0. The Hall–Kier alpha value is -2.71. The summed E-state index contributed by atoms with van der Waals surface area (Å²) in [5, 5.41) is 1.04. The number of hydrogen-bond acceptors (Lipinski definition) is 7. The predicted octanol–water partition coefficient (Wildman–Crippen LogP) is 3.31. The highest BCUT2D eigenvalue weighted by molar-refractivity contribution is 7.99. The second kappa shape index (κ2) is 8.32. The molecule has 0 fully saturated rings. The number of carbonyl (C=O) groups excluding carboxylic acids is 1. The van der Waals surface area contributed by atoms with Crippen LogP contribution in [0.25, 0.3) is 11.3 Å². The maximum Gasteiger partial charge on any atom is 0.233 e. The van der Waals surface area contributed by atoms with Crippen LogP contribution < -0.4 is 11.5 Å². The Labute approximate surface area is 165 Å². The van der Waals surface area contributed by atoms with E-state index < -0.39 is 0 Å². The van der Waals surface area contributed by atoms with E-state index in [9.17, 15) is 4.79 Å². The van der Waals surface area contributed by atoms with Crippen molar-refractivity contribution in [3.05, 3.63) is 53.2 Å². The molecule has 1 aromatic carbocycles. The summed E-state index contributed by atoms with van der Waals surface area (Å²) >= 11 is 7.08. The molecule has 4 N–H and O–H groups in total. The zero-order valence-electron chi connectivity index (χ0n) is 14.6. The lowest BCUT2D eigenvalue weighted by molar-refractivity contribution is -0.127. The number of nitrogen functional groups attached to an aromatic ring is 2. The highest BCUT2D eigenvalue weighted by atomic mass is 35.5. The van der Waals surface area contributed by atoms with Gasteiger partial charge in [-0.25, -0.2) is 9.97 Å². The Balaban J connectivity index is 1.57. The van der Waals surface area contributed by atoms with Crippen molar-refractivity contribution in [3.63, 3.8) is 0 Å². The van der Waals surface area contributed by atoms with Crippen molar-refractivity contribution < 1.29 is 9.21 Å². The molecule has 9 heteroatoms. The van der Waals surface area contributed by atoms with Crippen LogP contribution >= 0.6 is 23.4 Å². The van der Waals surface area contributed by atoms with Gasteiger partial charge in [-0.1, -0.05) is 23.4 Å². The largest absolute Gasteiger partial charge is 0.459 e. The van der Waals surface area contributed by atoms with Crippen LogP contribution in [0.5, 0.6) is 0 Å². The summed E-state index contributed by atoms with van der Waals surface area (Å²) < 4.78 is 5.82. The molecule has 0 saturated heterocycles. The maximum absolute atomic E-state index is 12.3. The van der Waals surface area contributed by atoms with Gasteiger partial charge in [-0.3, -0.25) is 4.79 Å². The zero-order chi connectivity index (χ0) is 19.4. The van der Waals surface area contributed by atoms with E-state index in [-0.39, 0.29) is 23.3 Å². The van der Waals surface area contributed by atoms with Crippen LogP contribution in [-0.2, 0) is 11.3 Å². The van der Waals surface area contributed by atoms with Crippen LogP contribution in [0, 0.1) is 0 Å². The number of anilines is 2. The van der Waals surface area contributed by atoms with E-state index in [0.29, 0.717) is 22.5 Å². The lowest BCUT2D eigenvalue weighted by Crippen LogP contribution is -2.27. The van der Waals surface area contributed by atoms with Crippen molar-refractivity contribution >= 4 is 40.9 Å². The first kappa shape index (κ1) is 19.1. The molecule has 2 aromatic heterocycles. The maximum atomic E-state index is 12.3. The third kappa shape index (κ3) is 5.15. The lowest BCUT2D eigenvalue weighted by atomic mass is 10.2. The summed E-state index contributed by atoms with van der Waals surface area (Å²) in [6, 6.07) is 12.6. The molecule has 3 aromatic rings. The number of rotatable bonds is 6.